The van der Waals surface area contributed by atoms with E-state index in [1.807, 2.05) is 6.08 Å². The van der Waals surface area contributed by atoms with Crippen LogP contribution in [-0.4, -0.2) is 19.7 Å². The Morgan fingerprint density at radius 3 is 2.31 bits per heavy atom. The van der Waals surface area contributed by atoms with E-state index in [4.69, 9.17) is 4.43 Å². The molecule has 1 fully saturated rings. The average Bonchev–Trinajstić information content (AvgIpc) is 2.10. The Labute approximate surface area is 99.2 Å². The highest BCUT2D eigenvalue weighted by molar-refractivity contribution is 6.69. The molecule has 3 heteroatoms. The van der Waals surface area contributed by atoms with Gasteiger partial charge in [-0.25, -0.2) is 0 Å². The predicted octanol–water partition coefficient (Wildman–Crippen LogP) is 3.44. The predicted molar refractivity (Wildman–Crippen MR) is 68.0 cm³/mol. The molecule has 2 nitrogen and oxygen atoms in total. The zero-order valence-electron chi connectivity index (χ0n) is 10.6. The van der Waals surface area contributed by atoms with Gasteiger partial charge in [0.25, 0.3) is 0 Å². The summed E-state index contributed by atoms with van der Waals surface area (Å²) in [6.45, 7) is 6.70. The van der Waals surface area contributed by atoms with Gasteiger partial charge in [0.2, 0.25) is 0 Å². The first-order chi connectivity index (χ1) is 7.41. The Morgan fingerprint density at radius 1 is 1.19 bits per heavy atom. The van der Waals surface area contributed by atoms with Crippen LogP contribution in [0.2, 0.25) is 19.6 Å². The fraction of sp³-hybridized carbons (Fsp3) is 0.769. The van der Waals surface area contributed by atoms with Gasteiger partial charge in [0.05, 0.1) is 5.60 Å². The minimum atomic E-state index is -1.52. The molecule has 2 rings (SSSR count). The van der Waals surface area contributed by atoms with Crippen molar-refractivity contribution in [1.82, 2.24) is 0 Å². The number of rotatable bonds is 3. The van der Waals surface area contributed by atoms with Crippen LogP contribution in [0.15, 0.2) is 11.6 Å². The molecule has 0 spiro atoms. The maximum Gasteiger partial charge on any atom is 0.184 e. The molecule has 90 valence electrons. The number of allylic oxidation sites excluding steroid dienone is 1. The van der Waals surface area contributed by atoms with E-state index in [2.05, 4.69) is 19.6 Å². The second-order valence-corrected chi connectivity index (χ2v) is 10.5. The van der Waals surface area contributed by atoms with E-state index in [0.29, 0.717) is 5.78 Å². The molecule has 0 aromatic carbocycles. The van der Waals surface area contributed by atoms with Crippen molar-refractivity contribution in [3.05, 3.63) is 11.6 Å². The summed E-state index contributed by atoms with van der Waals surface area (Å²) in [5.74, 6) is 0.298. The maximum absolute atomic E-state index is 11.5. The van der Waals surface area contributed by atoms with Gasteiger partial charge in [-0.3, -0.25) is 4.79 Å². The molecule has 0 aliphatic heterocycles. The molecule has 0 amide bonds. The van der Waals surface area contributed by atoms with Gasteiger partial charge in [0.15, 0.2) is 14.1 Å². The van der Waals surface area contributed by atoms with Crippen LogP contribution >= 0.6 is 0 Å². The van der Waals surface area contributed by atoms with Crippen molar-refractivity contribution in [1.29, 1.82) is 0 Å². The molecule has 0 radical (unpaired) electrons. The molecule has 0 saturated heterocycles. The van der Waals surface area contributed by atoms with Crippen molar-refractivity contribution >= 4 is 14.1 Å². The monoisotopic (exact) mass is 238 g/mol. The molecule has 0 aromatic rings. The Hall–Kier alpha value is -0.413. The standard InChI is InChI=1S/C13H22O2Si/c1-16(2,3)15-13(8-5-9-13)11-6-4-7-12(14)10-11/h10H,4-9H2,1-3H3. The van der Waals surface area contributed by atoms with E-state index in [1.54, 1.807) is 0 Å². The number of hydrogen-bond acceptors (Lipinski definition) is 2. The van der Waals surface area contributed by atoms with Crippen LogP contribution in [0.1, 0.15) is 38.5 Å². The summed E-state index contributed by atoms with van der Waals surface area (Å²) in [6.07, 6.45) is 8.18. The van der Waals surface area contributed by atoms with Gasteiger partial charge in [-0.15, -0.1) is 0 Å². The Bertz CT molecular complexity index is 321. The van der Waals surface area contributed by atoms with E-state index >= 15 is 0 Å². The second-order valence-electron chi connectivity index (χ2n) is 6.05. The highest BCUT2D eigenvalue weighted by atomic mass is 28.4. The number of hydrogen-bond donors (Lipinski definition) is 0. The quantitative estimate of drug-likeness (QED) is 0.704. The Balaban J connectivity index is 2.18. The van der Waals surface area contributed by atoms with Crippen molar-refractivity contribution in [2.24, 2.45) is 0 Å². The van der Waals surface area contributed by atoms with Gasteiger partial charge in [-0.1, -0.05) is 0 Å². The third-order valence-corrected chi connectivity index (χ3v) is 4.46. The van der Waals surface area contributed by atoms with E-state index in [-0.39, 0.29) is 5.60 Å². The summed E-state index contributed by atoms with van der Waals surface area (Å²) in [4.78, 5) is 11.5. The van der Waals surface area contributed by atoms with E-state index in [9.17, 15) is 4.79 Å². The van der Waals surface area contributed by atoms with Crippen molar-refractivity contribution in [2.45, 2.75) is 63.8 Å². The minimum Gasteiger partial charge on any atom is -0.408 e. The lowest BCUT2D eigenvalue weighted by Gasteiger charge is -2.48. The number of ketones is 1. The van der Waals surface area contributed by atoms with Crippen molar-refractivity contribution < 1.29 is 9.22 Å². The molecule has 0 bridgehead atoms. The lowest BCUT2D eigenvalue weighted by Crippen LogP contribution is -2.49. The van der Waals surface area contributed by atoms with Crippen LogP contribution < -0.4 is 0 Å². The van der Waals surface area contributed by atoms with E-state index in [1.165, 1.54) is 12.0 Å². The topological polar surface area (TPSA) is 26.3 Å². The van der Waals surface area contributed by atoms with Gasteiger partial charge in [-0.05, 0) is 63.4 Å². The summed E-state index contributed by atoms with van der Waals surface area (Å²) in [7, 11) is -1.52. The van der Waals surface area contributed by atoms with Crippen LogP contribution in [0, 0.1) is 0 Å². The Morgan fingerprint density at radius 2 is 1.88 bits per heavy atom. The lowest BCUT2D eigenvalue weighted by atomic mass is 9.71. The smallest absolute Gasteiger partial charge is 0.184 e. The van der Waals surface area contributed by atoms with Gasteiger partial charge < -0.3 is 4.43 Å². The molecule has 2 aliphatic carbocycles. The highest BCUT2D eigenvalue weighted by Gasteiger charge is 2.44. The summed E-state index contributed by atoms with van der Waals surface area (Å²) >= 11 is 0. The molecule has 16 heavy (non-hydrogen) atoms. The van der Waals surface area contributed by atoms with Crippen LogP contribution in [0.5, 0.6) is 0 Å². The first kappa shape index (κ1) is 12.1. The van der Waals surface area contributed by atoms with Crippen LogP contribution in [0.25, 0.3) is 0 Å². The molecule has 0 heterocycles. The SMILES string of the molecule is C[Si](C)(C)OC1(C2=CC(=O)CCC2)CCC1. The maximum atomic E-state index is 11.5. The fourth-order valence-corrected chi connectivity index (χ4v) is 4.23. The van der Waals surface area contributed by atoms with Crippen LogP contribution in [0.3, 0.4) is 0 Å². The molecule has 0 N–H and O–H groups in total. The summed E-state index contributed by atoms with van der Waals surface area (Å²) in [5, 5.41) is 0. The van der Waals surface area contributed by atoms with Crippen LogP contribution in [-0.2, 0) is 9.22 Å². The second kappa shape index (κ2) is 4.11. The first-order valence-electron chi connectivity index (χ1n) is 6.35. The summed E-state index contributed by atoms with van der Waals surface area (Å²) in [5.41, 5.74) is 1.25. The molecular formula is C13H22O2Si. The van der Waals surface area contributed by atoms with E-state index in [0.717, 1.165) is 32.1 Å². The highest BCUT2D eigenvalue weighted by Crippen LogP contribution is 2.46. The zero-order valence-corrected chi connectivity index (χ0v) is 11.6. The average molecular weight is 238 g/mol. The normalized spacial score (nSPS) is 24.9. The third kappa shape index (κ3) is 2.46. The first-order valence-corrected chi connectivity index (χ1v) is 9.76. The molecule has 0 aromatic heterocycles. The molecule has 2 aliphatic rings. The van der Waals surface area contributed by atoms with Crippen molar-refractivity contribution in [2.75, 3.05) is 0 Å². The van der Waals surface area contributed by atoms with Gasteiger partial charge in [0.1, 0.15) is 0 Å². The molecule has 0 atom stereocenters. The number of carbonyl (C=O) groups excluding carboxylic acids is 1. The van der Waals surface area contributed by atoms with Crippen molar-refractivity contribution in [3.8, 4) is 0 Å². The van der Waals surface area contributed by atoms with Gasteiger partial charge in [-0.2, -0.15) is 0 Å². The summed E-state index contributed by atoms with van der Waals surface area (Å²) < 4.78 is 6.37. The molecular weight excluding hydrogens is 216 g/mol. The van der Waals surface area contributed by atoms with Crippen molar-refractivity contribution in [3.63, 3.8) is 0 Å². The Kier molecular flexibility index (Phi) is 3.10. The molecule has 0 unspecified atom stereocenters. The van der Waals surface area contributed by atoms with Gasteiger partial charge in [0, 0.05) is 6.42 Å². The lowest BCUT2D eigenvalue weighted by molar-refractivity contribution is -0.115. The zero-order chi connectivity index (χ0) is 11.8. The van der Waals surface area contributed by atoms with E-state index < -0.39 is 8.32 Å². The largest absolute Gasteiger partial charge is 0.408 e. The van der Waals surface area contributed by atoms with Gasteiger partial charge >= 0.3 is 0 Å². The fourth-order valence-electron chi connectivity index (χ4n) is 2.72. The van der Waals surface area contributed by atoms with Crippen LogP contribution in [0.4, 0.5) is 0 Å². The third-order valence-electron chi connectivity index (χ3n) is 3.45. The summed E-state index contributed by atoms with van der Waals surface area (Å²) in [6, 6.07) is 0. The molecule has 1 saturated carbocycles. The minimum absolute atomic E-state index is 0.0411. The number of carbonyl (C=O) groups is 1.